The number of hydrogen-bond donors (Lipinski definition) is 0. The highest BCUT2D eigenvalue weighted by atomic mass is 19.1. The zero-order valence-corrected chi connectivity index (χ0v) is 20.3. The third kappa shape index (κ3) is 5.45. The Bertz CT molecular complexity index is 1120. The molecule has 184 valence electrons. The van der Waals surface area contributed by atoms with Gasteiger partial charge in [-0.15, -0.1) is 0 Å². The summed E-state index contributed by atoms with van der Waals surface area (Å²) in [5, 5.41) is 0. The van der Waals surface area contributed by atoms with Crippen molar-refractivity contribution in [3.05, 3.63) is 82.3 Å². The number of allylic oxidation sites excluding steroid dienone is 1. The van der Waals surface area contributed by atoms with E-state index in [1.165, 1.54) is 12.1 Å². The molecule has 2 heterocycles. The summed E-state index contributed by atoms with van der Waals surface area (Å²) in [5.41, 5.74) is 3.13. The lowest BCUT2D eigenvalue weighted by atomic mass is 9.83. The second-order valence-corrected chi connectivity index (χ2v) is 9.06. The van der Waals surface area contributed by atoms with Crippen LogP contribution >= 0.6 is 0 Å². The molecule has 4 rings (SSSR count). The number of hydrogen-bond acceptors (Lipinski definition) is 4. The van der Waals surface area contributed by atoms with Crippen LogP contribution in [0.2, 0.25) is 0 Å². The minimum absolute atomic E-state index is 0.0353. The number of esters is 1. The molecule has 35 heavy (non-hydrogen) atoms. The second kappa shape index (κ2) is 10.8. The fraction of sp³-hybridized carbons (Fsp3) is 0.393. The van der Waals surface area contributed by atoms with Gasteiger partial charge in [0, 0.05) is 36.7 Å². The molecule has 1 unspecified atom stereocenters. The van der Waals surface area contributed by atoms with Gasteiger partial charge in [0.2, 0.25) is 5.91 Å². The van der Waals surface area contributed by atoms with Gasteiger partial charge in [-0.2, -0.15) is 0 Å². The average Bonchev–Trinajstić information content (AvgIpc) is 2.87. The van der Waals surface area contributed by atoms with Gasteiger partial charge in [0.15, 0.2) is 0 Å². The van der Waals surface area contributed by atoms with Crippen LogP contribution in [-0.4, -0.2) is 47.3 Å². The van der Waals surface area contributed by atoms with Crippen molar-refractivity contribution < 1.29 is 23.5 Å². The number of amides is 2. The summed E-state index contributed by atoms with van der Waals surface area (Å²) in [6.07, 6.45) is 3.32. The highest BCUT2D eigenvalue weighted by Crippen LogP contribution is 2.37. The number of nitrogens with zero attached hydrogens (tertiary/aromatic N) is 2. The summed E-state index contributed by atoms with van der Waals surface area (Å²) in [6.45, 7) is 5.55. The number of halogens is 1. The SMILES string of the molecule is CCOC(=O)C1=C(C)N(Cc2ccc(C(=O)N3CCCCC3)cc2)C(=O)CC1c1ccc(F)cc1. The largest absolute Gasteiger partial charge is 0.463 e. The summed E-state index contributed by atoms with van der Waals surface area (Å²) in [4.78, 5) is 42.3. The van der Waals surface area contributed by atoms with E-state index < -0.39 is 11.9 Å². The molecule has 2 aromatic carbocycles. The maximum atomic E-state index is 13.5. The molecule has 0 radical (unpaired) electrons. The minimum atomic E-state index is -0.497. The highest BCUT2D eigenvalue weighted by molar-refractivity contribution is 5.96. The fourth-order valence-electron chi connectivity index (χ4n) is 4.87. The molecule has 2 amide bonds. The standard InChI is InChI=1S/C28H31FN2O4/c1-3-35-28(34)26-19(2)31(25(32)17-24(26)21-11-13-23(29)14-12-21)18-20-7-9-22(10-8-20)27(33)30-15-5-4-6-16-30/h7-14,24H,3-6,15-18H2,1-2H3. The van der Waals surface area contributed by atoms with Gasteiger partial charge in [-0.1, -0.05) is 24.3 Å². The number of benzene rings is 2. The number of likely N-dealkylation sites (tertiary alicyclic amines) is 1. The Morgan fingerprint density at radius 3 is 2.29 bits per heavy atom. The molecule has 0 aliphatic carbocycles. The average molecular weight is 479 g/mol. The van der Waals surface area contributed by atoms with Crippen molar-refractivity contribution in [3.8, 4) is 0 Å². The summed E-state index contributed by atoms with van der Waals surface area (Å²) in [5.74, 6) is -1.44. The van der Waals surface area contributed by atoms with Crippen LogP contribution in [0.4, 0.5) is 4.39 Å². The zero-order valence-electron chi connectivity index (χ0n) is 20.3. The van der Waals surface area contributed by atoms with Gasteiger partial charge in [0.1, 0.15) is 5.82 Å². The number of carbonyl (C=O) groups is 3. The van der Waals surface area contributed by atoms with Gasteiger partial charge in [-0.3, -0.25) is 9.59 Å². The lowest BCUT2D eigenvalue weighted by Gasteiger charge is -2.34. The fourth-order valence-corrected chi connectivity index (χ4v) is 4.87. The van der Waals surface area contributed by atoms with E-state index >= 15 is 0 Å². The Hall–Kier alpha value is -3.48. The molecule has 0 aromatic heterocycles. The van der Waals surface area contributed by atoms with Crippen molar-refractivity contribution in [2.75, 3.05) is 19.7 Å². The molecule has 1 fully saturated rings. The first-order valence-corrected chi connectivity index (χ1v) is 12.2. The van der Waals surface area contributed by atoms with E-state index in [2.05, 4.69) is 0 Å². The van der Waals surface area contributed by atoms with Crippen molar-refractivity contribution in [1.82, 2.24) is 9.80 Å². The van der Waals surface area contributed by atoms with E-state index in [1.54, 1.807) is 43.0 Å². The summed E-state index contributed by atoms with van der Waals surface area (Å²) in [6, 6.07) is 13.2. The lowest BCUT2D eigenvalue weighted by Crippen LogP contribution is -2.38. The minimum Gasteiger partial charge on any atom is -0.463 e. The number of piperidine rings is 1. The lowest BCUT2D eigenvalue weighted by molar-refractivity contribution is -0.140. The molecule has 1 atom stereocenters. The van der Waals surface area contributed by atoms with Gasteiger partial charge in [0.05, 0.1) is 18.7 Å². The van der Waals surface area contributed by atoms with Crippen LogP contribution in [0.5, 0.6) is 0 Å². The Morgan fingerprint density at radius 1 is 1.00 bits per heavy atom. The van der Waals surface area contributed by atoms with Crippen LogP contribution in [0.3, 0.4) is 0 Å². The Labute approximate surface area is 205 Å². The van der Waals surface area contributed by atoms with E-state index in [-0.39, 0.29) is 37.2 Å². The molecule has 2 aliphatic heterocycles. The molecular formula is C28H31FN2O4. The zero-order chi connectivity index (χ0) is 24.9. The monoisotopic (exact) mass is 478 g/mol. The van der Waals surface area contributed by atoms with E-state index in [0.717, 1.165) is 37.9 Å². The Kier molecular flexibility index (Phi) is 7.63. The third-order valence-electron chi connectivity index (χ3n) is 6.78. The van der Waals surface area contributed by atoms with Gasteiger partial charge >= 0.3 is 5.97 Å². The first-order valence-electron chi connectivity index (χ1n) is 12.2. The van der Waals surface area contributed by atoms with Gasteiger partial charge in [-0.25, -0.2) is 9.18 Å². The van der Waals surface area contributed by atoms with Crippen LogP contribution in [-0.2, 0) is 20.9 Å². The van der Waals surface area contributed by atoms with Gasteiger partial charge in [0.25, 0.3) is 5.91 Å². The normalized spacial score (nSPS) is 18.6. The number of ether oxygens (including phenoxy) is 1. The van der Waals surface area contributed by atoms with Crippen LogP contribution in [0, 0.1) is 5.82 Å². The highest BCUT2D eigenvalue weighted by Gasteiger charge is 2.37. The van der Waals surface area contributed by atoms with Gasteiger partial charge < -0.3 is 14.5 Å². The predicted octanol–water partition coefficient (Wildman–Crippen LogP) is 4.81. The van der Waals surface area contributed by atoms with Crippen molar-refractivity contribution in [1.29, 1.82) is 0 Å². The number of rotatable bonds is 6. The van der Waals surface area contributed by atoms with Crippen molar-refractivity contribution in [2.45, 2.75) is 52.0 Å². The molecule has 2 aromatic rings. The quantitative estimate of drug-likeness (QED) is 0.559. The molecule has 0 N–H and O–H groups in total. The topological polar surface area (TPSA) is 66.9 Å². The van der Waals surface area contributed by atoms with Crippen LogP contribution < -0.4 is 0 Å². The smallest absolute Gasteiger partial charge is 0.336 e. The molecule has 0 bridgehead atoms. The van der Waals surface area contributed by atoms with Gasteiger partial charge in [-0.05, 0) is 68.5 Å². The van der Waals surface area contributed by atoms with Crippen molar-refractivity contribution in [3.63, 3.8) is 0 Å². The van der Waals surface area contributed by atoms with E-state index in [0.29, 0.717) is 22.4 Å². The van der Waals surface area contributed by atoms with Crippen LogP contribution in [0.1, 0.15) is 66.9 Å². The maximum absolute atomic E-state index is 13.5. The molecule has 6 nitrogen and oxygen atoms in total. The predicted molar refractivity (Wildman–Crippen MR) is 130 cm³/mol. The molecule has 0 saturated carbocycles. The Morgan fingerprint density at radius 2 is 1.66 bits per heavy atom. The first-order chi connectivity index (χ1) is 16.9. The maximum Gasteiger partial charge on any atom is 0.336 e. The van der Waals surface area contributed by atoms with Crippen molar-refractivity contribution >= 4 is 17.8 Å². The first kappa shape index (κ1) is 24.6. The third-order valence-corrected chi connectivity index (χ3v) is 6.78. The molecular weight excluding hydrogens is 447 g/mol. The summed E-state index contributed by atoms with van der Waals surface area (Å²) < 4.78 is 18.8. The van der Waals surface area contributed by atoms with E-state index in [4.69, 9.17) is 4.74 Å². The molecule has 1 saturated heterocycles. The Balaban J connectivity index is 1.58. The van der Waals surface area contributed by atoms with Crippen LogP contribution in [0.25, 0.3) is 0 Å². The van der Waals surface area contributed by atoms with Crippen molar-refractivity contribution in [2.24, 2.45) is 0 Å². The molecule has 0 spiro atoms. The summed E-state index contributed by atoms with van der Waals surface area (Å²) >= 11 is 0. The molecule has 2 aliphatic rings. The molecule has 7 heteroatoms. The van der Waals surface area contributed by atoms with E-state index in [1.807, 2.05) is 17.0 Å². The summed E-state index contributed by atoms with van der Waals surface area (Å²) in [7, 11) is 0. The van der Waals surface area contributed by atoms with Crippen LogP contribution in [0.15, 0.2) is 59.8 Å². The second-order valence-electron chi connectivity index (χ2n) is 9.06. The number of carbonyl (C=O) groups excluding carboxylic acids is 3. The van der Waals surface area contributed by atoms with E-state index in [9.17, 15) is 18.8 Å².